The van der Waals surface area contributed by atoms with Gasteiger partial charge in [-0.3, -0.25) is 14.4 Å². The molecule has 0 fully saturated rings. The number of ketones is 1. The summed E-state index contributed by atoms with van der Waals surface area (Å²) in [5.41, 5.74) is 2.45. The molecule has 9 nitrogen and oxygen atoms in total. The summed E-state index contributed by atoms with van der Waals surface area (Å²) in [6.45, 7) is 5.15. The van der Waals surface area contributed by atoms with Crippen LogP contribution >= 0.6 is 11.6 Å². The summed E-state index contributed by atoms with van der Waals surface area (Å²) >= 11 is 6.13. The summed E-state index contributed by atoms with van der Waals surface area (Å²) in [5.74, 6) is -0.695. The Labute approximate surface area is 253 Å². The predicted molar refractivity (Wildman–Crippen MR) is 157 cm³/mol. The van der Waals surface area contributed by atoms with Crippen molar-refractivity contribution in [1.29, 1.82) is 0 Å². The molecule has 0 spiro atoms. The number of carbonyl (C=O) groups is 3. The number of alkyl halides is 3. The zero-order valence-electron chi connectivity index (χ0n) is 24.6. The number of halogens is 4. The number of aromatic nitrogens is 2. The lowest BCUT2D eigenvalue weighted by Gasteiger charge is -2.21. The van der Waals surface area contributed by atoms with Crippen LogP contribution in [0, 0.1) is 0 Å². The van der Waals surface area contributed by atoms with Crippen LogP contribution in [-0.2, 0) is 17.8 Å². The van der Waals surface area contributed by atoms with Crippen LogP contribution in [0.25, 0.3) is 11.3 Å². The summed E-state index contributed by atoms with van der Waals surface area (Å²) in [6, 6.07) is 10.7. The lowest BCUT2D eigenvalue weighted by molar-refractivity contribution is -0.189. The Hall–Kier alpha value is -3.90. The maximum Gasteiger partial charge on any atom is 0.425 e. The average Bonchev–Trinajstić information content (AvgIpc) is 3.37. The first-order valence-electron chi connectivity index (χ1n) is 13.6. The molecule has 43 heavy (non-hydrogen) atoms. The second-order valence-electron chi connectivity index (χ2n) is 10.4. The number of nitrogens with one attached hydrogen (secondary N) is 2. The van der Waals surface area contributed by atoms with Crippen LogP contribution in [0.15, 0.2) is 48.7 Å². The van der Waals surface area contributed by atoms with Crippen LogP contribution in [0.1, 0.15) is 47.3 Å². The summed E-state index contributed by atoms with van der Waals surface area (Å²) in [4.78, 5) is 43.5. The van der Waals surface area contributed by atoms with Crippen molar-refractivity contribution >= 4 is 29.2 Å². The number of benzene rings is 2. The molecule has 0 bridgehead atoms. The minimum atomic E-state index is -4.57. The molecule has 2 N–H and O–H groups in total. The molecule has 0 unspecified atom stereocenters. The van der Waals surface area contributed by atoms with Crippen LogP contribution in [0.4, 0.5) is 13.2 Å². The molecule has 2 amide bonds. The molecule has 13 heteroatoms. The number of carbonyl (C=O) groups excluding carboxylic acids is 3. The van der Waals surface area contributed by atoms with Gasteiger partial charge in [0.1, 0.15) is 5.75 Å². The average molecular weight is 622 g/mol. The number of rotatable bonds is 13. The van der Waals surface area contributed by atoms with Crippen LogP contribution in [0.2, 0.25) is 5.02 Å². The van der Waals surface area contributed by atoms with E-state index in [-0.39, 0.29) is 41.1 Å². The molecule has 3 aromatic rings. The number of Topliss-reactive ketones (excluding diaryl/α,β-unsaturated/α-hetero) is 1. The monoisotopic (exact) mass is 621 g/mol. The molecule has 232 valence electrons. The van der Waals surface area contributed by atoms with Gasteiger partial charge in [-0.2, -0.15) is 13.2 Å². The van der Waals surface area contributed by atoms with Crippen molar-refractivity contribution in [2.45, 2.75) is 52.1 Å². The lowest BCUT2D eigenvalue weighted by atomic mass is 10.0. The number of amides is 2. The number of imidazole rings is 1. The highest BCUT2D eigenvalue weighted by atomic mass is 35.5. The summed E-state index contributed by atoms with van der Waals surface area (Å²) in [6.07, 6.45) is -4.48. The van der Waals surface area contributed by atoms with Crippen LogP contribution in [0.3, 0.4) is 0 Å². The molecular weight excluding hydrogens is 587 g/mol. The van der Waals surface area contributed by atoms with Gasteiger partial charge in [-0.05, 0) is 58.1 Å². The highest BCUT2D eigenvalue weighted by molar-refractivity contribution is 6.32. The van der Waals surface area contributed by atoms with E-state index in [9.17, 15) is 27.6 Å². The molecule has 0 saturated carbocycles. The first kappa shape index (κ1) is 33.6. The number of ether oxygens (including phenoxy) is 1. The van der Waals surface area contributed by atoms with Crippen LogP contribution in [0.5, 0.6) is 5.75 Å². The molecular formula is C30H35ClF3N5O4. The van der Waals surface area contributed by atoms with Gasteiger partial charge in [0, 0.05) is 37.3 Å². The summed E-state index contributed by atoms with van der Waals surface area (Å²) in [7, 11) is 3.52. The highest BCUT2D eigenvalue weighted by Crippen LogP contribution is 2.30. The minimum absolute atomic E-state index is 0.116. The predicted octanol–water partition coefficient (Wildman–Crippen LogP) is 4.77. The van der Waals surface area contributed by atoms with Gasteiger partial charge in [-0.1, -0.05) is 35.9 Å². The molecule has 1 heterocycles. The van der Waals surface area contributed by atoms with Gasteiger partial charge in [-0.25, -0.2) is 4.98 Å². The van der Waals surface area contributed by atoms with E-state index in [2.05, 4.69) is 15.6 Å². The zero-order valence-corrected chi connectivity index (χ0v) is 25.3. The third-order valence-corrected chi connectivity index (χ3v) is 6.76. The Kier molecular flexibility index (Phi) is 11.3. The van der Waals surface area contributed by atoms with Gasteiger partial charge in [0.15, 0.2) is 17.7 Å². The molecule has 2 atom stereocenters. The maximum absolute atomic E-state index is 13.1. The Morgan fingerprint density at radius 3 is 2.33 bits per heavy atom. The molecule has 0 aliphatic rings. The van der Waals surface area contributed by atoms with Crippen molar-refractivity contribution in [3.63, 3.8) is 0 Å². The molecule has 0 saturated heterocycles. The van der Waals surface area contributed by atoms with E-state index in [1.807, 2.05) is 37.4 Å². The number of hydrogen-bond donors (Lipinski definition) is 2. The fourth-order valence-corrected chi connectivity index (χ4v) is 4.42. The van der Waals surface area contributed by atoms with Gasteiger partial charge in [-0.15, -0.1) is 0 Å². The van der Waals surface area contributed by atoms with Crippen LogP contribution < -0.4 is 15.4 Å². The number of aryl methyl sites for hydroxylation is 1. The largest absolute Gasteiger partial charge is 0.480 e. The fraction of sp³-hybridized carbons (Fsp3) is 0.400. The van der Waals surface area contributed by atoms with Gasteiger partial charge in [0.25, 0.3) is 5.91 Å². The van der Waals surface area contributed by atoms with E-state index < -0.39 is 24.2 Å². The molecule has 0 radical (unpaired) electrons. The van der Waals surface area contributed by atoms with E-state index >= 15 is 0 Å². The quantitative estimate of drug-likeness (QED) is 0.266. The molecule has 2 aromatic carbocycles. The first-order valence-corrected chi connectivity index (χ1v) is 14.0. The Morgan fingerprint density at radius 1 is 1.12 bits per heavy atom. The molecule has 0 aliphatic carbocycles. The van der Waals surface area contributed by atoms with Gasteiger partial charge in [0.05, 0.1) is 23.3 Å². The SMILES string of the molecule is CCn1cc(-c2ccc(C[C@@H](CNC(=O)CN(C)C)NC(=O)c3ccc(O[C@H](C)C(F)(F)F)c(Cl)c3)cc2)nc1C(C)=O. The third-order valence-electron chi connectivity index (χ3n) is 6.46. The minimum Gasteiger partial charge on any atom is -0.480 e. The van der Waals surface area contributed by atoms with Gasteiger partial charge < -0.3 is 24.8 Å². The smallest absolute Gasteiger partial charge is 0.425 e. The number of likely N-dealkylation sites (N-methyl/N-ethyl adjacent to an activating group) is 1. The maximum atomic E-state index is 13.1. The van der Waals surface area contributed by atoms with E-state index in [1.165, 1.54) is 25.1 Å². The number of nitrogens with zero attached hydrogens (tertiary/aromatic N) is 3. The van der Waals surface area contributed by atoms with E-state index in [4.69, 9.17) is 16.3 Å². The van der Waals surface area contributed by atoms with Crippen molar-refractivity contribution in [2.24, 2.45) is 0 Å². The lowest BCUT2D eigenvalue weighted by Crippen LogP contribution is -2.46. The Bertz CT molecular complexity index is 1440. The third kappa shape index (κ3) is 9.55. The fourth-order valence-electron chi connectivity index (χ4n) is 4.19. The highest BCUT2D eigenvalue weighted by Gasteiger charge is 2.38. The molecule has 1 aromatic heterocycles. The van der Waals surface area contributed by atoms with Crippen LogP contribution in [-0.4, -0.2) is 77.6 Å². The Balaban J connectivity index is 1.76. The van der Waals surface area contributed by atoms with E-state index in [1.54, 1.807) is 23.6 Å². The van der Waals surface area contributed by atoms with Crippen molar-refractivity contribution in [3.05, 3.63) is 70.6 Å². The standard InChI is InChI=1S/C30H35ClF3N5O4/c1-6-39-16-25(37-28(39)18(2)40)21-9-7-20(8-10-21)13-23(15-35-27(41)17-38(4)5)36-29(42)22-11-12-26(24(31)14-22)43-19(3)30(32,33)34/h7-12,14,16,19,23H,6,13,15,17H2,1-5H3,(H,35,41)(H,36,42)/t19-,23+/m1/s1. The summed E-state index contributed by atoms with van der Waals surface area (Å²) in [5, 5.41) is 5.55. The van der Waals surface area contributed by atoms with E-state index in [0.29, 0.717) is 24.5 Å². The topological polar surface area (TPSA) is 106 Å². The van der Waals surface area contributed by atoms with E-state index in [0.717, 1.165) is 18.1 Å². The Morgan fingerprint density at radius 2 is 1.79 bits per heavy atom. The molecule has 0 aliphatic heterocycles. The first-order chi connectivity index (χ1) is 20.2. The van der Waals surface area contributed by atoms with Crippen molar-refractivity contribution < 1.29 is 32.3 Å². The van der Waals surface area contributed by atoms with Crippen molar-refractivity contribution in [3.8, 4) is 17.0 Å². The molecule has 3 rings (SSSR count). The van der Waals surface area contributed by atoms with Gasteiger partial charge in [0.2, 0.25) is 5.91 Å². The second-order valence-corrected chi connectivity index (χ2v) is 10.8. The van der Waals surface area contributed by atoms with Gasteiger partial charge >= 0.3 is 6.18 Å². The van der Waals surface area contributed by atoms with Crippen molar-refractivity contribution in [1.82, 2.24) is 25.1 Å². The second kappa shape index (κ2) is 14.5. The van der Waals surface area contributed by atoms with Crippen molar-refractivity contribution in [2.75, 3.05) is 27.2 Å². The zero-order chi connectivity index (χ0) is 31.9. The number of hydrogen-bond acceptors (Lipinski definition) is 6. The normalized spacial score (nSPS) is 13.0. The summed E-state index contributed by atoms with van der Waals surface area (Å²) < 4.78 is 45.3.